The van der Waals surface area contributed by atoms with Crippen molar-refractivity contribution in [1.82, 2.24) is 4.98 Å². The van der Waals surface area contributed by atoms with Gasteiger partial charge in [-0.05, 0) is 6.92 Å². The molecule has 0 radical (unpaired) electrons. The molecule has 0 atom stereocenters. The van der Waals surface area contributed by atoms with Crippen LogP contribution in [0.25, 0.3) is 0 Å². The first-order chi connectivity index (χ1) is 10.5. The second-order valence-electron chi connectivity index (χ2n) is 4.09. The van der Waals surface area contributed by atoms with E-state index in [0.717, 1.165) is 0 Å². The number of nitrogens with zero attached hydrogens (tertiary/aromatic N) is 1. The summed E-state index contributed by atoms with van der Waals surface area (Å²) >= 11 is 2.80. The quantitative estimate of drug-likeness (QED) is 0.419. The zero-order chi connectivity index (χ0) is 17.8. The third kappa shape index (κ3) is 5.56. The molecule has 0 fully saturated rings. The highest BCUT2D eigenvalue weighted by Gasteiger charge is 2.39. The molecule has 0 aliphatic heterocycles. The summed E-state index contributed by atoms with van der Waals surface area (Å²) in [4.78, 5) is 14.4. The van der Waals surface area contributed by atoms with Crippen molar-refractivity contribution in [2.75, 3.05) is 6.61 Å². The van der Waals surface area contributed by atoms with Crippen LogP contribution in [0.2, 0.25) is 0 Å². The van der Waals surface area contributed by atoms with Gasteiger partial charge in [-0.25, -0.2) is 4.98 Å². The lowest BCUT2D eigenvalue weighted by atomic mass is 10.0. The molecular weight excluding hydrogens is 400 g/mol. The first-order valence-corrected chi connectivity index (χ1v) is 7.17. The Bertz CT molecular complexity index is 573. The Morgan fingerprint density at radius 3 is 2.26 bits per heavy atom. The molecular formula is C12H10BrF6NO3. The van der Waals surface area contributed by atoms with E-state index in [2.05, 4.69) is 30.4 Å². The van der Waals surface area contributed by atoms with Gasteiger partial charge in [-0.2, -0.15) is 13.2 Å². The van der Waals surface area contributed by atoms with Gasteiger partial charge in [0, 0.05) is 16.5 Å². The summed E-state index contributed by atoms with van der Waals surface area (Å²) in [5.74, 6) is -1.94. The largest absolute Gasteiger partial charge is 0.573 e. The molecule has 1 aromatic heterocycles. The smallest absolute Gasteiger partial charge is 0.466 e. The van der Waals surface area contributed by atoms with E-state index in [0.29, 0.717) is 6.20 Å². The van der Waals surface area contributed by atoms with Gasteiger partial charge < -0.3 is 9.47 Å². The molecule has 0 spiro atoms. The Labute approximate surface area is 134 Å². The molecule has 1 heterocycles. The van der Waals surface area contributed by atoms with Gasteiger partial charge in [0.1, 0.15) is 5.69 Å². The lowest BCUT2D eigenvalue weighted by molar-refractivity contribution is -0.275. The first-order valence-electron chi connectivity index (χ1n) is 6.04. The predicted molar refractivity (Wildman–Crippen MR) is 68.9 cm³/mol. The Balaban J connectivity index is 3.43. The normalized spacial score (nSPS) is 12.2. The number of hydrogen-bond acceptors (Lipinski definition) is 4. The maximum atomic E-state index is 13.0. The summed E-state index contributed by atoms with van der Waals surface area (Å²) in [6.45, 7) is 1.35. The average molecular weight is 410 g/mol. The van der Waals surface area contributed by atoms with E-state index in [1.54, 1.807) is 0 Å². The zero-order valence-corrected chi connectivity index (χ0v) is 13.1. The minimum Gasteiger partial charge on any atom is -0.466 e. The fraction of sp³-hybridized carbons (Fsp3) is 0.500. The average Bonchev–Trinajstić information content (AvgIpc) is 2.35. The van der Waals surface area contributed by atoms with E-state index < -0.39 is 52.8 Å². The van der Waals surface area contributed by atoms with Gasteiger partial charge in [-0.1, -0.05) is 15.9 Å². The van der Waals surface area contributed by atoms with Gasteiger partial charge in [0.15, 0.2) is 5.75 Å². The van der Waals surface area contributed by atoms with Crippen LogP contribution >= 0.6 is 15.9 Å². The van der Waals surface area contributed by atoms with E-state index in [4.69, 9.17) is 0 Å². The molecule has 4 nitrogen and oxygen atoms in total. The Morgan fingerprint density at radius 2 is 1.83 bits per heavy atom. The summed E-state index contributed by atoms with van der Waals surface area (Å²) in [5, 5.41) is -0.404. The minimum absolute atomic E-state index is 0.0873. The molecule has 0 aliphatic carbocycles. The van der Waals surface area contributed by atoms with Crippen LogP contribution in [0.3, 0.4) is 0 Å². The number of aromatic nitrogens is 1. The molecule has 0 amide bonds. The van der Waals surface area contributed by atoms with Crippen LogP contribution in [0.4, 0.5) is 26.3 Å². The van der Waals surface area contributed by atoms with Gasteiger partial charge in [0.05, 0.1) is 19.2 Å². The van der Waals surface area contributed by atoms with Crippen LogP contribution in [-0.4, -0.2) is 23.9 Å². The summed E-state index contributed by atoms with van der Waals surface area (Å²) in [7, 11) is 0. The minimum atomic E-state index is -5.11. The first kappa shape index (κ1) is 19.5. The number of alkyl halides is 7. The molecule has 0 saturated carbocycles. The highest BCUT2D eigenvalue weighted by Crippen LogP contribution is 2.37. The topological polar surface area (TPSA) is 48.4 Å². The monoisotopic (exact) mass is 409 g/mol. The molecule has 1 aromatic rings. The lowest BCUT2D eigenvalue weighted by Gasteiger charge is -2.18. The van der Waals surface area contributed by atoms with Crippen molar-refractivity contribution in [1.29, 1.82) is 0 Å². The molecule has 0 saturated heterocycles. The van der Waals surface area contributed by atoms with Gasteiger partial charge >= 0.3 is 18.5 Å². The molecule has 0 aliphatic rings. The van der Waals surface area contributed by atoms with Crippen molar-refractivity contribution in [2.45, 2.75) is 31.2 Å². The summed E-state index contributed by atoms with van der Waals surface area (Å²) in [6.07, 6.45) is -10.6. The number of hydrogen-bond donors (Lipinski definition) is 0. The number of ether oxygens (including phenoxy) is 2. The summed E-state index contributed by atoms with van der Waals surface area (Å²) in [6, 6.07) is 0. The van der Waals surface area contributed by atoms with Crippen LogP contribution in [-0.2, 0) is 27.5 Å². The summed E-state index contributed by atoms with van der Waals surface area (Å²) < 4.78 is 84.1. The fourth-order valence-corrected chi connectivity index (χ4v) is 2.34. The molecule has 0 bridgehead atoms. The third-order valence-electron chi connectivity index (χ3n) is 2.51. The SMILES string of the molecule is CCOC(=O)Cc1c(C(F)(F)F)ncc(OC(F)(F)F)c1CBr. The van der Waals surface area contributed by atoms with Crippen molar-refractivity contribution in [3.8, 4) is 5.75 Å². The number of esters is 1. The highest BCUT2D eigenvalue weighted by atomic mass is 79.9. The van der Waals surface area contributed by atoms with Crippen molar-refractivity contribution >= 4 is 21.9 Å². The van der Waals surface area contributed by atoms with Crippen LogP contribution < -0.4 is 4.74 Å². The Kier molecular flexibility index (Phi) is 6.25. The molecule has 1 rings (SSSR count). The standard InChI is InChI=1S/C12H10BrF6NO3/c1-2-22-9(21)3-6-7(4-13)8(23-12(17,18)19)5-20-10(6)11(14,15)16/h5H,2-4H2,1H3. The molecule has 11 heteroatoms. The van der Waals surface area contributed by atoms with E-state index >= 15 is 0 Å². The number of rotatable bonds is 5. The van der Waals surface area contributed by atoms with Crippen LogP contribution in [0.15, 0.2) is 6.20 Å². The number of pyridine rings is 1. The van der Waals surface area contributed by atoms with Crippen molar-refractivity contribution in [2.24, 2.45) is 0 Å². The highest BCUT2D eigenvalue weighted by molar-refractivity contribution is 9.08. The maximum Gasteiger partial charge on any atom is 0.573 e. The van der Waals surface area contributed by atoms with Crippen molar-refractivity contribution in [3.05, 3.63) is 23.0 Å². The number of carbonyl (C=O) groups is 1. The van der Waals surface area contributed by atoms with Gasteiger partial charge in [0.2, 0.25) is 0 Å². The molecule has 0 N–H and O–H groups in total. The van der Waals surface area contributed by atoms with Crippen LogP contribution in [0.5, 0.6) is 5.75 Å². The Hall–Kier alpha value is -1.52. The van der Waals surface area contributed by atoms with E-state index in [1.165, 1.54) is 6.92 Å². The molecule has 0 unspecified atom stereocenters. The van der Waals surface area contributed by atoms with E-state index in [9.17, 15) is 31.1 Å². The second kappa shape index (κ2) is 7.37. The Morgan fingerprint density at radius 1 is 1.22 bits per heavy atom. The lowest BCUT2D eigenvalue weighted by Crippen LogP contribution is -2.22. The number of halogens is 7. The van der Waals surface area contributed by atoms with E-state index in [-0.39, 0.29) is 6.61 Å². The van der Waals surface area contributed by atoms with Gasteiger partial charge in [0.25, 0.3) is 0 Å². The molecule has 0 aromatic carbocycles. The van der Waals surface area contributed by atoms with E-state index in [1.807, 2.05) is 0 Å². The van der Waals surface area contributed by atoms with Crippen LogP contribution in [0, 0.1) is 0 Å². The third-order valence-corrected chi connectivity index (χ3v) is 3.07. The number of carbonyl (C=O) groups excluding carboxylic acids is 1. The van der Waals surface area contributed by atoms with Crippen molar-refractivity contribution in [3.63, 3.8) is 0 Å². The summed E-state index contributed by atoms with van der Waals surface area (Å²) in [5.41, 5.74) is -2.66. The van der Waals surface area contributed by atoms with Crippen LogP contribution in [0.1, 0.15) is 23.7 Å². The second-order valence-corrected chi connectivity index (χ2v) is 4.65. The molecule has 130 valence electrons. The molecule has 23 heavy (non-hydrogen) atoms. The predicted octanol–water partition coefficient (Wildman–Crippen LogP) is 4.00. The van der Waals surface area contributed by atoms with Crippen molar-refractivity contribution < 1.29 is 40.6 Å². The fourth-order valence-electron chi connectivity index (χ4n) is 1.72. The zero-order valence-electron chi connectivity index (χ0n) is 11.5. The maximum absolute atomic E-state index is 13.0. The van der Waals surface area contributed by atoms with Gasteiger partial charge in [-0.3, -0.25) is 4.79 Å². The van der Waals surface area contributed by atoms with Gasteiger partial charge in [-0.15, -0.1) is 13.2 Å².